The molecule has 1 aromatic carbocycles. The van der Waals surface area contributed by atoms with Crippen LogP contribution in [0.2, 0.25) is 5.02 Å². The average molecular weight is 283 g/mol. The highest BCUT2D eigenvalue weighted by molar-refractivity contribution is 7.07. The van der Waals surface area contributed by atoms with Crippen molar-refractivity contribution >= 4 is 34.3 Å². The van der Waals surface area contributed by atoms with Crippen molar-refractivity contribution in [1.29, 1.82) is 0 Å². The molecule has 1 aromatic heterocycles. The van der Waals surface area contributed by atoms with E-state index in [-0.39, 0.29) is 5.69 Å². The molecule has 0 fully saturated rings. The van der Waals surface area contributed by atoms with Crippen LogP contribution in [0, 0.1) is 10.1 Å². The molecule has 4 nitrogen and oxygen atoms in total. The summed E-state index contributed by atoms with van der Waals surface area (Å²) in [4.78, 5) is 10.1. The van der Waals surface area contributed by atoms with Crippen LogP contribution in [0.1, 0.15) is 5.56 Å². The molecule has 0 aliphatic heterocycles. The standard InChI is InChI=1S/C12H11ClN2O2S/c13-11-7-10(15(16)17)1-2-12(11)14-5-3-9-4-6-18-8-9/h1-2,4,6-8,14H,3,5H2. The van der Waals surface area contributed by atoms with Gasteiger partial charge >= 0.3 is 0 Å². The lowest BCUT2D eigenvalue weighted by Crippen LogP contribution is -2.04. The fraction of sp³-hybridized carbons (Fsp3) is 0.167. The maximum atomic E-state index is 10.6. The third-order valence-corrected chi connectivity index (χ3v) is 3.52. The first-order valence-corrected chi connectivity index (χ1v) is 6.68. The lowest BCUT2D eigenvalue weighted by atomic mass is 10.2. The Hall–Kier alpha value is -1.59. The number of anilines is 1. The zero-order valence-electron chi connectivity index (χ0n) is 9.43. The molecular formula is C12H11ClN2O2S. The van der Waals surface area contributed by atoms with Gasteiger partial charge in [0.05, 0.1) is 15.6 Å². The molecule has 1 N–H and O–H groups in total. The van der Waals surface area contributed by atoms with Crippen molar-refractivity contribution in [3.63, 3.8) is 0 Å². The molecule has 2 aromatic rings. The van der Waals surface area contributed by atoms with Gasteiger partial charge < -0.3 is 5.32 Å². The van der Waals surface area contributed by atoms with Crippen molar-refractivity contribution in [2.75, 3.05) is 11.9 Å². The zero-order chi connectivity index (χ0) is 13.0. The summed E-state index contributed by atoms with van der Waals surface area (Å²) in [6.45, 7) is 0.744. The van der Waals surface area contributed by atoms with E-state index in [4.69, 9.17) is 11.6 Å². The van der Waals surface area contributed by atoms with Crippen LogP contribution in [0.25, 0.3) is 0 Å². The van der Waals surface area contributed by atoms with Gasteiger partial charge in [-0.15, -0.1) is 0 Å². The number of nitro groups is 1. The van der Waals surface area contributed by atoms with Gasteiger partial charge in [0, 0.05) is 18.7 Å². The van der Waals surface area contributed by atoms with Crippen molar-refractivity contribution in [2.24, 2.45) is 0 Å². The number of nitro benzene ring substituents is 1. The molecule has 6 heteroatoms. The first-order chi connectivity index (χ1) is 8.66. The number of halogens is 1. The molecule has 0 aliphatic rings. The first kappa shape index (κ1) is 12.9. The zero-order valence-corrected chi connectivity index (χ0v) is 11.0. The second-order valence-corrected chi connectivity index (χ2v) is 4.92. The number of thiophene rings is 1. The Bertz CT molecular complexity index is 543. The van der Waals surface area contributed by atoms with Gasteiger partial charge in [-0.05, 0) is 34.9 Å². The van der Waals surface area contributed by atoms with Crippen molar-refractivity contribution in [3.05, 3.63) is 55.7 Å². The SMILES string of the molecule is O=[N+]([O-])c1ccc(NCCc2ccsc2)c(Cl)c1. The van der Waals surface area contributed by atoms with E-state index < -0.39 is 4.92 Å². The maximum absolute atomic E-state index is 10.6. The Morgan fingerprint density at radius 3 is 2.83 bits per heavy atom. The topological polar surface area (TPSA) is 55.2 Å². The van der Waals surface area contributed by atoms with E-state index in [0.717, 1.165) is 18.7 Å². The Morgan fingerprint density at radius 2 is 2.22 bits per heavy atom. The van der Waals surface area contributed by atoms with Crippen LogP contribution >= 0.6 is 22.9 Å². The molecular weight excluding hydrogens is 272 g/mol. The van der Waals surface area contributed by atoms with Gasteiger partial charge in [-0.3, -0.25) is 10.1 Å². The van der Waals surface area contributed by atoms with Gasteiger partial charge in [-0.1, -0.05) is 11.6 Å². The molecule has 0 bridgehead atoms. The fourth-order valence-corrected chi connectivity index (χ4v) is 2.48. The highest BCUT2D eigenvalue weighted by Gasteiger charge is 2.08. The molecule has 0 unspecified atom stereocenters. The Kier molecular flexibility index (Phi) is 4.17. The third-order valence-electron chi connectivity index (χ3n) is 2.47. The second kappa shape index (κ2) is 5.84. The summed E-state index contributed by atoms with van der Waals surface area (Å²) < 4.78 is 0. The van der Waals surface area contributed by atoms with Crippen molar-refractivity contribution in [2.45, 2.75) is 6.42 Å². The number of hydrogen-bond donors (Lipinski definition) is 1. The van der Waals surface area contributed by atoms with Crippen LogP contribution in [0.5, 0.6) is 0 Å². The normalized spacial score (nSPS) is 10.3. The third kappa shape index (κ3) is 3.21. The van der Waals surface area contributed by atoms with Crippen LogP contribution in [0.3, 0.4) is 0 Å². The summed E-state index contributed by atoms with van der Waals surface area (Å²) in [7, 11) is 0. The Labute approximate surface area is 113 Å². The summed E-state index contributed by atoms with van der Waals surface area (Å²) in [5.41, 5.74) is 1.99. The number of benzene rings is 1. The van der Waals surface area contributed by atoms with Crippen LogP contribution in [0.15, 0.2) is 35.0 Å². The van der Waals surface area contributed by atoms with Crippen LogP contribution in [-0.4, -0.2) is 11.5 Å². The predicted molar refractivity (Wildman–Crippen MR) is 74.6 cm³/mol. The number of nitrogens with one attached hydrogen (secondary N) is 1. The summed E-state index contributed by atoms with van der Waals surface area (Å²) in [5, 5.41) is 18.2. The molecule has 0 saturated carbocycles. The number of nitrogens with zero attached hydrogens (tertiary/aromatic N) is 1. The van der Waals surface area contributed by atoms with E-state index in [0.29, 0.717) is 5.02 Å². The molecule has 18 heavy (non-hydrogen) atoms. The monoisotopic (exact) mass is 282 g/mol. The highest BCUT2D eigenvalue weighted by atomic mass is 35.5. The van der Waals surface area contributed by atoms with Gasteiger partial charge in [-0.2, -0.15) is 11.3 Å². The number of rotatable bonds is 5. The van der Waals surface area contributed by atoms with E-state index in [1.54, 1.807) is 17.4 Å². The van der Waals surface area contributed by atoms with Gasteiger partial charge in [0.2, 0.25) is 0 Å². The lowest BCUT2D eigenvalue weighted by Gasteiger charge is -2.07. The van der Waals surface area contributed by atoms with E-state index in [1.807, 2.05) is 5.38 Å². The minimum Gasteiger partial charge on any atom is -0.384 e. The van der Waals surface area contributed by atoms with E-state index in [1.165, 1.54) is 17.7 Å². The predicted octanol–water partition coefficient (Wildman–Crippen LogP) is 3.96. The van der Waals surface area contributed by atoms with E-state index >= 15 is 0 Å². The average Bonchev–Trinajstić information content (AvgIpc) is 2.84. The smallest absolute Gasteiger partial charge is 0.271 e. The highest BCUT2D eigenvalue weighted by Crippen LogP contribution is 2.26. The molecule has 0 aliphatic carbocycles. The minimum atomic E-state index is -0.457. The molecule has 94 valence electrons. The molecule has 0 saturated heterocycles. The van der Waals surface area contributed by atoms with Gasteiger partial charge in [0.25, 0.3) is 5.69 Å². The van der Waals surface area contributed by atoms with Crippen LogP contribution in [0.4, 0.5) is 11.4 Å². The maximum Gasteiger partial charge on any atom is 0.271 e. The van der Waals surface area contributed by atoms with Crippen molar-refractivity contribution in [1.82, 2.24) is 0 Å². The summed E-state index contributed by atoms with van der Waals surface area (Å²) >= 11 is 7.63. The summed E-state index contributed by atoms with van der Waals surface area (Å²) in [6.07, 6.45) is 0.900. The fourth-order valence-electron chi connectivity index (χ4n) is 1.54. The van der Waals surface area contributed by atoms with E-state index in [2.05, 4.69) is 16.8 Å². The molecule has 1 heterocycles. The van der Waals surface area contributed by atoms with Crippen LogP contribution < -0.4 is 5.32 Å². The number of non-ortho nitro benzene ring substituents is 1. The molecule has 0 amide bonds. The van der Waals surface area contributed by atoms with Crippen LogP contribution in [-0.2, 0) is 6.42 Å². The van der Waals surface area contributed by atoms with Crippen molar-refractivity contribution in [3.8, 4) is 0 Å². The lowest BCUT2D eigenvalue weighted by molar-refractivity contribution is -0.384. The minimum absolute atomic E-state index is 0.00313. The number of hydrogen-bond acceptors (Lipinski definition) is 4. The van der Waals surface area contributed by atoms with Gasteiger partial charge in [-0.25, -0.2) is 0 Å². The Balaban J connectivity index is 1.95. The van der Waals surface area contributed by atoms with Gasteiger partial charge in [0.1, 0.15) is 0 Å². The second-order valence-electron chi connectivity index (χ2n) is 3.73. The molecule has 2 rings (SSSR count). The van der Waals surface area contributed by atoms with Crippen molar-refractivity contribution < 1.29 is 4.92 Å². The summed E-state index contributed by atoms with van der Waals surface area (Å²) in [6, 6.07) is 6.51. The van der Waals surface area contributed by atoms with Gasteiger partial charge in [0.15, 0.2) is 0 Å². The quantitative estimate of drug-likeness (QED) is 0.667. The molecule has 0 atom stereocenters. The molecule has 0 spiro atoms. The summed E-state index contributed by atoms with van der Waals surface area (Å²) in [5.74, 6) is 0. The molecule has 0 radical (unpaired) electrons. The Morgan fingerprint density at radius 1 is 1.39 bits per heavy atom. The first-order valence-electron chi connectivity index (χ1n) is 5.35. The largest absolute Gasteiger partial charge is 0.384 e. The van der Waals surface area contributed by atoms with E-state index in [9.17, 15) is 10.1 Å².